The summed E-state index contributed by atoms with van der Waals surface area (Å²) in [6, 6.07) is 14.0. The summed E-state index contributed by atoms with van der Waals surface area (Å²) in [5, 5.41) is 4.51. The van der Waals surface area contributed by atoms with Crippen LogP contribution < -0.4 is 5.32 Å². The first-order chi connectivity index (χ1) is 10.0. The molecule has 0 radical (unpaired) electrons. The Balaban J connectivity index is 1.86. The van der Waals surface area contributed by atoms with Gasteiger partial charge in [0.15, 0.2) is 5.11 Å². The summed E-state index contributed by atoms with van der Waals surface area (Å²) in [7, 11) is 1.92. The van der Waals surface area contributed by atoms with Gasteiger partial charge in [-0.25, -0.2) is 4.39 Å². The average Bonchev–Trinajstić information content (AvgIpc) is 2.46. The van der Waals surface area contributed by atoms with Crippen LogP contribution in [0.4, 0.5) is 4.39 Å². The fourth-order valence-electron chi connectivity index (χ4n) is 1.90. The highest BCUT2D eigenvalue weighted by Crippen LogP contribution is 2.12. The van der Waals surface area contributed by atoms with Crippen LogP contribution in [0, 0.1) is 5.82 Å². The summed E-state index contributed by atoms with van der Waals surface area (Å²) in [4.78, 5) is 1.94. The number of hydrogen-bond donors (Lipinski definition) is 1. The smallest absolute Gasteiger partial charge is 0.169 e. The summed E-state index contributed by atoms with van der Waals surface area (Å²) in [6.07, 6.45) is 0. The maximum absolute atomic E-state index is 12.8. The summed E-state index contributed by atoms with van der Waals surface area (Å²) >= 11 is 11.3. The van der Waals surface area contributed by atoms with Crippen molar-refractivity contribution >= 4 is 28.9 Å². The third-order valence-electron chi connectivity index (χ3n) is 3.01. The van der Waals surface area contributed by atoms with Gasteiger partial charge in [-0.15, -0.1) is 0 Å². The molecule has 0 aliphatic heterocycles. The topological polar surface area (TPSA) is 15.3 Å². The second-order valence-electron chi connectivity index (χ2n) is 4.77. The van der Waals surface area contributed by atoms with Crippen molar-refractivity contribution in [2.75, 3.05) is 7.05 Å². The molecule has 0 aliphatic rings. The van der Waals surface area contributed by atoms with E-state index in [0.717, 1.165) is 11.1 Å². The molecule has 2 rings (SSSR count). The van der Waals surface area contributed by atoms with Gasteiger partial charge in [-0.3, -0.25) is 0 Å². The van der Waals surface area contributed by atoms with E-state index in [2.05, 4.69) is 5.32 Å². The van der Waals surface area contributed by atoms with Gasteiger partial charge in [-0.2, -0.15) is 0 Å². The van der Waals surface area contributed by atoms with E-state index in [0.29, 0.717) is 23.2 Å². The molecule has 0 aliphatic carbocycles. The molecule has 0 spiro atoms. The lowest BCUT2D eigenvalue weighted by atomic mass is 10.2. The Hall–Kier alpha value is -1.65. The number of hydrogen-bond acceptors (Lipinski definition) is 1. The molecule has 2 aromatic carbocycles. The minimum Gasteiger partial charge on any atom is -0.358 e. The van der Waals surface area contributed by atoms with Crippen LogP contribution in [-0.4, -0.2) is 17.1 Å². The predicted molar refractivity (Wildman–Crippen MR) is 88.8 cm³/mol. The highest BCUT2D eigenvalue weighted by atomic mass is 35.5. The monoisotopic (exact) mass is 322 g/mol. The quantitative estimate of drug-likeness (QED) is 0.857. The van der Waals surface area contributed by atoms with E-state index >= 15 is 0 Å². The van der Waals surface area contributed by atoms with Crippen molar-refractivity contribution < 1.29 is 4.39 Å². The van der Waals surface area contributed by atoms with Crippen molar-refractivity contribution in [3.63, 3.8) is 0 Å². The molecule has 0 fully saturated rings. The Kier molecular flexibility index (Phi) is 5.53. The first-order valence-corrected chi connectivity index (χ1v) is 7.31. The van der Waals surface area contributed by atoms with Crippen LogP contribution >= 0.6 is 23.8 Å². The van der Waals surface area contributed by atoms with Crippen LogP contribution in [0.5, 0.6) is 0 Å². The lowest BCUT2D eigenvalue weighted by molar-refractivity contribution is 0.489. The third kappa shape index (κ3) is 4.99. The second-order valence-corrected chi connectivity index (χ2v) is 5.59. The maximum atomic E-state index is 12.8. The Morgan fingerprint density at radius 3 is 2.57 bits per heavy atom. The van der Waals surface area contributed by atoms with Gasteiger partial charge in [0.2, 0.25) is 0 Å². The molecule has 5 heteroatoms. The summed E-state index contributed by atoms with van der Waals surface area (Å²) in [5.74, 6) is -0.237. The van der Waals surface area contributed by atoms with E-state index < -0.39 is 0 Å². The zero-order valence-corrected chi connectivity index (χ0v) is 13.2. The molecule has 0 aromatic heterocycles. The van der Waals surface area contributed by atoms with Crippen molar-refractivity contribution in [1.82, 2.24) is 10.2 Å². The van der Waals surface area contributed by atoms with Crippen LogP contribution in [-0.2, 0) is 13.1 Å². The minimum absolute atomic E-state index is 0.237. The van der Waals surface area contributed by atoms with Crippen molar-refractivity contribution in [2.45, 2.75) is 13.1 Å². The number of halogens is 2. The number of nitrogens with zero attached hydrogens (tertiary/aromatic N) is 1. The van der Waals surface area contributed by atoms with E-state index in [9.17, 15) is 4.39 Å². The minimum atomic E-state index is -0.237. The fourth-order valence-corrected chi connectivity index (χ4v) is 2.25. The van der Waals surface area contributed by atoms with Crippen LogP contribution in [0.1, 0.15) is 11.1 Å². The van der Waals surface area contributed by atoms with Crippen LogP contribution in [0.15, 0.2) is 48.5 Å². The molecule has 110 valence electrons. The zero-order chi connectivity index (χ0) is 15.2. The summed E-state index contributed by atoms with van der Waals surface area (Å²) in [5.41, 5.74) is 2.07. The van der Waals surface area contributed by atoms with Crippen molar-refractivity contribution in [3.8, 4) is 0 Å². The molecule has 0 atom stereocenters. The van der Waals surface area contributed by atoms with Crippen molar-refractivity contribution in [3.05, 3.63) is 70.5 Å². The predicted octanol–water partition coefficient (Wildman–Crippen LogP) is 3.99. The van der Waals surface area contributed by atoms with Gasteiger partial charge in [0.05, 0.1) is 0 Å². The molecule has 2 nitrogen and oxygen atoms in total. The van der Waals surface area contributed by atoms with E-state index in [1.54, 1.807) is 12.1 Å². The maximum Gasteiger partial charge on any atom is 0.169 e. The molecular weight excluding hydrogens is 307 g/mol. The average molecular weight is 323 g/mol. The van der Waals surface area contributed by atoms with E-state index in [1.165, 1.54) is 12.1 Å². The van der Waals surface area contributed by atoms with Gasteiger partial charge in [-0.1, -0.05) is 35.9 Å². The Bertz CT molecular complexity index is 616. The second kappa shape index (κ2) is 7.38. The number of thiocarbonyl (C=S) groups is 1. The molecule has 0 amide bonds. The molecule has 0 saturated carbocycles. The zero-order valence-electron chi connectivity index (χ0n) is 11.6. The van der Waals surface area contributed by atoms with Crippen molar-refractivity contribution in [2.24, 2.45) is 0 Å². The van der Waals surface area contributed by atoms with Gasteiger partial charge in [0.1, 0.15) is 5.82 Å². The third-order valence-corrected chi connectivity index (χ3v) is 3.70. The van der Waals surface area contributed by atoms with Gasteiger partial charge in [0.25, 0.3) is 0 Å². The molecule has 21 heavy (non-hydrogen) atoms. The molecule has 0 heterocycles. The highest BCUT2D eigenvalue weighted by molar-refractivity contribution is 7.80. The number of nitrogens with one attached hydrogen (secondary N) is 1. The summed E-state index contributed by atoms with van der Waals surface area (Å²) < 4.78 is 12.8. The van der Waals surface area contributed by atoms with Gasteiger partial charge in [0, 0.05) is 25.2 Å². The van der Waals surface area contributed by atoms with Gasteiger partial charge < -0.3 is 10.2 Å². The van der Waals surface area contributed by atoms with Crippen molar-refractivity contribution in [1.29, 1.82) is 0 Å². The lowest BCUT2D eigenvalue weighted by Gasteiger charge is -2.21. The number of benzene rings is 2. The van der Waals surface area contributed by atoms with Gasteiger partial charge in [-0.05, 0) is 47.6 Å². The van der Waals surface area contributed by atoms with E-state index in [4.69, 9.17) is 23.8 Å². The van der Waals surface area contributed by atoms with Crippen LogP contribution in [0.2, 0.25) is 5.02 Å². The first kappa shape index (κ1) is 15.7. The van der Waals surface area contributed by atoms with Crippen LogP contribution in [0.25, 0.3) is 0 Å². The standard InChI is InChI=1S/C16H16ClFN2S/c1-20(11-13-3-2-4-14(17)9-13)16(21)19-10-12-5-7-15(18)8-6-12/h2-9H,10-11H2,1H3,(H,19,21). The Morgan fingerprint density at radius 2 is 1.90 bits per heavy atom. The number of rotatable bonds is 4. The molecular formula is C16H16ClFN2S. The van der Waals surface area contributed by atoms with E-state index in [1.807, 2.05) is 36.2 Å². The Morgan fingerprint density at radius 1 is 1.19 bits per heavy atom. The molecule has 2 aromatic rings. The normalized spacial score (nSPS) is 10.2. The fraction of sp³-hybridized carbons (Fsp3) is 0.188. The van der Waals surface area contributed by atoms with Gasteiger partial charge >= 0.3 is 0 Å². The molecule has 0 saturated heterocycles. The lowest BCUT2D eigenvalue weighted by Crippen LogP contribution is -2.36. The largest absolute Gasteiger partial charge is 0.358 e. The summed E-state index contributed by atoms with van der Waals surface area (Å²) in [6.45, 7) is 1.24. The molecule has 0 bridgehead atoms. The molecule has 0 unspecified atom stereocenters. The molecule has 1 N–H and O–H groups in total. The Labute approximate surface area is 134 Å². The first-order valence-electron chi connectivity index (χ1n) is 6.52. The van der Waals surface area contributed by atoms with Crippen LogP contribution in [0.3, 0.4) is 0 Å². The van der Waals surface area contributed by atoms with E-state index in [-0.39, 0.29) is 5.82 Å². The SMILES string of the molecule is CN(Cc1cccc(Cl)c1)C(=S)NCc1ccc(F)cc1. The highest BCUT2D eigenvalue weighted by Gasteiger charge is 2.05.